The molecule has 4 aliphatic carbocycles. The topological polar surface area (TPSA) is 26.3 Å². The maximum absolute atomic E-state index is 12.2. The molecule has 0 atom stereocenters. The standard InChI is InChI=1S/C24H18O2/c1-16(2)24(25)26-22-15-18-10-6-4-8-12-20(18)23(22)21-14-13-17-9-5-3-7-11-19(17)21/h3-15H,1H2,2H3. The van der Waals surface area contributed by atoms with Gasteiger partial charge in [0.15, 0.2) is 0 Å². The molecule has 0 heterocycles. The molecule has 26 heavy (non-hydrogen) atoms. The Morgan fingerprint density at radius 3 is 2.15 bits per heavy atom. The number of carbonyl (C=O) groups excluding carboxylic acids is 1. The van der Waals surface area contributed by atoms with Gasteiger partial charge in [-0.05, 0) is 40.8 Å². The van der Waals surface area contributed by atoms with E-state index in [4.69, 9.17) is 4.74 Å². The van der Waals surface area contributed by atoms with Gasteiger partial charge in [-0.1, -0.05) is 79.4 Å². The van der Waals surface area contributed by atoms with Crippen LogP contribution in [0, 0.1) is 0 Å². The maximum atomic E-state index is 12.2. The van der Waals surface area contributed by atoms with E-state index in [0.717, 1.165) is 33.4 Å². The van der Waals surface area contributed by atoms with Gasteiger partial charge in [-0.3, -0.25) is 0 Å². The van der Waals surface area contributed by atoms with E-state index in [-0.39, 0.29) is 0 Å². The smallest absolute Gasteiger partial charge is 0.338 e. The summed E-state index contributed by atoms with van der Waals surface area (Å²) < 4.78 is 5.68. The summed E-state index contributed by atoms with van der Waals surface area (Å²) in [5, 5.41) is 0. The van der Waals surface area contributed by atoms with Gasteiger partial charge in [0.05, 0.1) is 0 Å². The highest BCUT2D eigenvalue weighted by Crippen LogP contribution is 2.48. The molecule has 0 unspecified atom stereocenters. The Morgan fingerprint density at radius 2 is 1.42 bits per heavy atom. The fraction of sp³-hybridized carbons (Fsp3) is 0.0417. The van der Waals surface area contributed by atoms with Gasteiger partial charge in [-0.2, -0.15) is 0 Å². The lowest BCUT2D eigenvalue weighted by Crippen LogP contribution is -2.08. The molecule has 0 fully saturated rings. The monoisotopic (exact) mass is 338 g/mol. The Bertz CT molecular complexity index is 1060. The minimum Gasteiger partial charge on any atom is -0.422 e. The Kier molecular flexibility index (Phi) is 4.02. The van der Waals surface area contributed by atoms with Crippen molar-refractivity contribution in [2.75, 3.05) is 0 Å². The maximum Gasteiger partial charge on any atom is 0.338 e. The molecule has 0 spiro atoms. The molecule has 4 aliphatic rings. The number of fused-ring (bicyclic) bond motifs is 2. The zero-order valence-corrected chi connectivity index (χ0v) is 14.5. The predicted octanol–water partition coefficient (Wildman–Crippen LogP) is 6.04. The van der Waals surface area contributed by atoms with Crippen molar-refractivity contribution in [3.8, 4) is 39.1 Å². The first-order chi connectivity index (χ1) is 12.6. The molecule has 0 aromatic rings. The van der Waals surface area contributed by atoms with Gasteiger partial charge < -0.3 is 4.74 Å². The molecule has 0 saturated carbocycles. The van der Waals surface area contributed by atoms with Crippen LogP contribution in [0.2, 0.25) is 0 Å². The zero-order chi connectivity index (χ0) is 18.1. The molecular formula is C24H18O2. The Hall–Kier alpha value is -3.39. The molecule has 0 saturated heterocycles. The van der Waals surface area contributed by atoms with E-state index < -0.39 is 5.97 Å². The van der Waals surface area contributed by atoms with Crippen molar-refractivity contribution in [2.24, 2.45) is 0 Å². The summed E-state index contributed by atoms with van der Waals surface area (Å²) >= 11 is 0. The van der Waals surface area contributed by atoms with E-state index in [2.05, 4.69) is 36.9 Å². The second-order valence-electron chi connectivity index (χ2n) is 6.36. The number of hydrogen-bond acceptors (Lipinski definition) is 2. The fourth-order valence-corrected chi connectivity index (χ4v) is 3.24. The average molecular weight is 338 g/mol. The van der Waals surface area contributed by atoms with Crippen molar-refractivity contribution in [3.05, 3.63) is 91.0 Å². The van der Waals surface area contributed by atoms with Crippen LogP contribution in [0.5, 0.6) is 5.75 Å². The van der Waals surface area contributed by atoms with Gasteiger partial charge >= 0.3 is 5.97 Å². The molecule has 126 valence electrons. The molecule has 4 rings (SSSR count). The van der Waals surface area contributed by atoms with E-state index in [0.29, 0.717) is 11.3 Å². The summed E-state index contributed by atoms with van der Waals surface area (Å²) in [6.07, 6.45) is 0. The van der Waals surface area contributed by atoms with Crippen molar-refractivity contribution in [1.29, 1.82) is 0 Å². The van der Waals surface area contributed by atoms with Crippen LogP contribution in [-0.4, -0.2) is 5.97 Å². The summed E-state index contributed by atoms with van der Waals surface area (Å²) in [7, 11) is 0. The van der Waals surface area contributed by atoms with Crippen LogP contribution in [0.15, 0.2) is 91.0 Å². The molecule has 0 amide bonds. The van der Waals surface area contributed by atoms with Crippen LogP contribution >= 0.6 is 0 Å². The lowest BCUT2D eigenvalue weighted by atomic mass is 10.00. The van der Waals surface area contributed by atoms with Crippen LogP contribution in [0.25, 0.3) is 33.4 Å². The first-order valence-electron chi connectivity index (χ1n) is 8.53. The number of carbonyl (C=O) groups is 1. The average Bonchev–Trinajstić information content (AvgIpc) is 2.95. The highest BCUT2D eigenvalue weighted by Gasteiger charge is 2.23. The lowest BCUT2D eigenvalue weighted by molar-refractivity contribution is -0.130. The first kappa shape index (κ1) is 16.1. The molecule has 2 heteroatoms. The van der Waals surface area contributed by atoms with Crippen molar-refractivity contribution in [1.82, 2.24) is 0 Å². The molecule has 0 radical (unpaired) electrons. The van der Waals surface area contributed by atoms with Gasteiger partial charge in [-0.25, -0.2) is 4.79 Å². The molecule has 0 bridgehead atoms. The van der Waals surface area contributed by atoms with E-state index in [1.165, 1.54) is 0 Å². The van der Waals surface area contributed by atoms with Gasteiger partial charge in [0.25, 0.3) is 0 Å². The molecule has 0 aromatic carbocycles. The predicted molar refractivity (Wildman–Crippen MR) is 106 cm³/mol. The first-order valence-corrected chi connectivity index (χ1v) is 8.53. The van der Waals surface area contributed by atoms with Crippen molar-refractivity contribution in [2.45, 2.75) is 6.92 Å². The van der Waals surface area contributed by atoms with Crippen molar-refractivity contribution < 1.29 is 9.53 Å². The minimum atomic E-state index is -0.410. The van der Waals surface area contributed by atoms with Crippen LogP contribution in [0.3, 0.4) is 0 Å². The Labute approximate surface area is 153 Å². The van der Waals surface area contributed by atoms with Gasteiger partial charge in [0.1, 0.15) is 5.75 Å². The van der Waals surface area contributed by atoms with Gasteiger partial charge in [-0.15, -0.1) is 0 Å². The number of ether oxygens (including phenoxy) is 1. The third-order valence-corrected chi connectivity index (χ3v) is 4.49. The minimum absolute atomic E-state index is 0.380. The van der Waals surface area contributed by atoms with Gasteiger partial charge in [0, 0.05) is 11.1 Å². The van der Waals surface area contributed by atoms with Crippen LogP contribution in [0.4, 0.5) is 0 Å². The largest absolute Gasteiger partial charge is 0.422 e. The third kappa shape index (κ3) is 2.76. The highest BCUT2D eigenvalue weighted by molar-refractivity contribution is 6.00. The second-order valence-corrected chi connectivity index (χ2v) is 6.36. The Morgan fingerprint density at radius 1 is 0.769 bits per heavy atom. The summed E-state index contributed by atoms with van der Waals surface area (Å²) in [5.41, 5.74) is 6.74. The van der Waals surface area contributed by atoms with Crippen molar-refractivity contribution >= 4 is 5.97 Å². The zero-order valence-electron chi connectivity index (χ0n) is 14.5. The van der Waals surface area contributed by atoms with Crippen LogP contribution in [0.1, 0.15) is 6.92 Å². The molecule has 0 N–H and O–H groups in total. The highest BCUT2D eigenvalue weighted by atomic mass is 16.5. The van der Waals surface area contributed by atoms with E-state index >= 15 is 0 Å². The molecule has 0 aliphatic heterocycles. The summed E-state index contributed by atoms with van der Waals surface area (Å²) in [5.74, 6) is 0.158. The fourth-order valence-electron chi connectivity index (χ4n) is 3.24. The lowest BCUT2D eigenvalue weighted by Gasteiger charge is -2.08. The second kappa shape index (κ2) is 6.49. The quantitative estimate of drug-likeness (QED) is 0.336. The SMILES string of the molecule is C=C(C)C(=O)Oc1cc2cccccc-2c1-c1ccc2cccccc1-2. The number of esters is 1. The van der Waals surface area contributed by atoms with Crippen LogP contribution < -0.4 is 4.74 Å². The van der Waals surface area contributed by atoms with Gasteiger partial charge in [0.2, 0.25) is 0 Å². The van der Waals surface area contributed by atoms with Crippen molar-refractivity contribution in [3.63, 3.8) is 0 Å². The summed E-state index contributed by atoms with van der Waals surface area (Å²) in [6, 6.07) is 26.4. The molecule has 0 aromatic heterocycles. The van der Waals surface area contributed by atoms with E-state index in [9.17, 15) is 4.79 Å². The molecular weight excluding hydrogens is 320 g/mol. The number of hydrogen-bond donors (Lipinski definition) is 0. The van der Waals surface area contributed by atoms with E-state index in [1.54, 1.807) is 6.92 Å². The summed E-state index contributed by atoms with van der Waals surface area (Å²) in [4.78, 5) is 12.2. The van der Waals surface area contributed by atoms with E-state index in [1.807, 2.05) is 48.5 Å². The summed E-state index contributed by atoms with van der Waals surface area (Å²) in [6.45, 7) is 5.35. The third-order valence-electron chi connectivity index (χ3n) is 4.49. The number of rotatable bonds is 3. The molecule has 2 nitrogen and oxygen atoms in total. The Balaban J connectivity index is 1.97. The normalized spacial score (nSPS) is 10.8. The van der Waals surface area contributed by atoms with Crippen LogP contribution in [-0.2, 0) is 4.79 Å².